The number of ether oxygens (including phenoxy) is 1. The van der Waals surface area contributed by atoms with Crippen molar-refractivity contribution >= 4 is 16.2 Å². The van der Waals surface area contributed by atoms with Crippen LogP contribution in [0.2, 0.25) is 0 Å². The summed E-state index contributed by atoms with van der Waals surface area (Å²) in [5.74, 6) is 0. The van der Waals surface area contributed by atoms with Crippen LogP contribution in [0.25, 0.3) is 0 Å². The molecule has 7 heteroatoms. The summed E-state index contributed by atoms with van der Waals surface area (Å²) in [5.41, 5.74) is 0. The summed E-state index contributed by atoms with van der Waals surface area (Å²) in [6.45, 7) is 3.04. The summed E-state index contributed by atoms with van der Waals surface area (Å²) in [6.07, 6.45) is 4.03. The Morgan fingerprint density at radius 3 is 2.78 bits per heavy atom. The van der Waals surface area contributed by atoms with Gasteiger partial charge in [0.15, 0.2) is 0 Å². The van der Waals surface area contributed by atoms with Crippen molar-refractivity contribution in [1.29, 1.82) is 0 Å². The zero-order valence-electron chi connectivity index (χ0n) is 10.9. The Morgan fingerprint density at radius 2 is 2.17 bits per heavy atom. The summed E-state index contributed by atoms with van der Waals surface area (Å²) >= 11 is 0. The van der Waals surface area contributed by atoms with E-state index in [0.29, 0.717) is 13.2 Å². The quantitative estimate of drug-likeness (QED) is 0.542. The maximum atomic E-state index is 11.8. The lowest BCUT2D eigenvalue weighted by molar-refractivity contribution is 0.0873. The van der Waals surface area contributed by atoms with Crippen LogP contribution in [0.3, 0.4) is 0 Å². The fourth-order valence-corrected chi connectivity index (χ4v) is 2.24. The number of nitrogens with zero attached hydrogens (tertiary/aromatic N) is 1. The van der Waals surface area contributed by atoms with Crippen LogP contribution < -0.4 is 0 Å². The number of unbranched alkanes of at least 4 members (excludes halogenated alkanes) is 1. The van der Waals surface area contributed by atoms with Gasteiger partial charge in [0, 0.05) is 6.54 Å². The van der Waals surface area contributed by atoms with Gasteiger partial charge in [0.2, 0.25) is 0 Å². The molecule has 1 atom stereocenters. The van der Waals surface area contributed by atoms with Gasteiger partial charge in [-0.2, -0.15) is 8.42 Å². The fraction of sp³-hybridized carbons (Fsp3) is 0.909. The summed E-state index contributed by atoms with van der Waals surface area (Å²) in [5, 5.41) is 0. The van der Waals surface area contributed by atoms with Crippen molar-refractivity contribution in [2.75, 3.05) is 26.0 Å². The Morgan fingerprint density at radius 1 is 1.44 bits per heavy atom. The molecular formula is C11H21NO5S. The Balaban J connectivity index is 2.41. The highest BCUT2D eigenvalue weighted by molar-refractivity contribution is 7.85. The molecule has 1 fully saturated rings. The molecular weight excluding hydrogens is 258 g/mol. The van der Waals surface area contributed by atoms with Crippen LogP contribution in [0.5, 0.6) is 0 Å². The molecule has 0 aromatic rings. The maximum Gasteiger partial charge on any atom is 0.410 e. The molecule has 1 amide bonds. The van der Waals surface area contributed by atoms with Crippen molar-refractivity contribution in [3.05, 3.63) is 0 Å². The Hall–Kier alpha value is -0.820. The summed E-state index contributed by atoms with van der Waals surface area (Å²) in [4.78, 5) is 13.3. The SMILES string of the molecule is CCCCOC(=O)N1CCC[C@H]1COS(C)(=O)=O. The van der Waals surface area contributed by atoms with Crippen LogP contribution in [0, 0.1) is 0 Å². The number of likely N-dealkylation sites (tertiary alicyclic amines) is 1. The molecule has 0 spiro atoms. The first-order chi connectivity index (χ1) is 8.44. The third-order valence-electron chi connectivity index (χ3n) is 2.81. The maximum absolute atomic E-state index is 11.8. The van der Waals surface area contributed by atoms with E-state index in [1.807, 2.05) is 6.92 Å². The van der Waals surface area contributed by atoms with Crippen LogP contribution >= 0.6 is 0 Å². The molecule has 6 nitrogen and oxygen atoms in total. The highest BCUT2D eigenvalue weighted by Crippen LogP contribution is 2.19. The van der Waals surface area contributed by atoms with E-state index in [0.717, 1.165) is 31.9 Å². The second kappa shape index (κ2) is 6.94. The molecule has 0 aliphatic carbocycles. The number of hydrogen-bond donors (Lipinski definition) is 0. The Kier molecular flexibility index (Phi) is 5.87. The molecule has 106 valence electrons. The van der Waals surface area contributed by atoms with Crippen LogP contribution in [-0.4, -0.2) is 51.5 Å². The normalized spacial score (nSPS) is 20.1. The van der Waals surface area contributed by atoms with Crippen molar-refractivity contribution in [3.8, 4) is 0 Å². The molecule has 1 aliphatic heterocycles. The first-order valence-corrected chi connectivity index (χ1v) is 8.03. The standard InChI is InChI=1S/C11H21NO5S/c1-3-4-8-16-11(13)12-7-5-6-10(12)9-17-18(2,14)15/h10H,3-9H2,1-2H3/t10-/m0/s1. The average molecular weight is 279 g/mol. The highest BCUT2D eigenvalue weighted by Gasteiger charge is 2.30. The molecule has 0 aromatic carbocycles. The highest BCUT2D eigenvalue weighted by atomic mass is 32.2. The van der Waals surface area contributed by atoms with E-state index in [9.17, 15) is 13.2 Å². The smallest absolute Gasteiger partial charge is 0.410 e. The third kappa shape index (κ3) is 5.22. The Labute approximate surface area is 108 Å². The van der Waals surface area contributed by atoms with Crippen molar-refractivity contribution in [1.82, 2.24) is 4.90 Å². The van der Waals surface area contributed by atoms with E-state index in [4.69, 9.17) is 8.92 Å². The molecule has 0 N–H and O–H groups in total. The number of amides is 1. The van der Waals surface area contributed by atoms with E-state index < -0.39 is 10.1 Å². The van der Waals surface area contributed by atoms with Gasteiger partial charge < -0.3 is 9.64 Å². The van der Waals surface area contributed by atoms with Gasteiger partial charge in [-0.1, -0.05) is 13.3 Å². The minimum atomic E-state index is -3.46. The predicted octanol–water partition coefficient (Wildman–Crippen LogP) is 1.36. The molecule has 0 bridgehead atoms. The average Bonchev–Trinajstić information content (AvgIpc) is 2.73. The molecule has 1 saturated heterocycles. The van der Waals surface area contributed by atoms with Crippen LogP contribution in [0.4, 0.5) is 4.79 Å². The summed E-state index contributed by atoms with van der Waals surface area (Å²) in [7, 11) is -3.46. The first kappa shape index (κ1) is 15.2. The molecule has 0 saturated carbocycles. The molecule has 0 aromatic heterocycles. The van der Waals surface area contributed by atoms with Crippen LogP contribution in [0.1, 0.15) is 32.6 Å². The van der Waals surface area contributed by atoms with Gasteiger partial charge in [-0.15, -0.1) is 0 Å². The molecule has 1 rings (SSSR count). The second-order valence-electron chi connectivity index (χ2n) is 4.45. The molecule has 1 aliphatic rings. The van der Waals surface area contributed by atoms with E-state index >= 15 is 0 Å². The minimum Gasteiger partial charge on any atom is -0.449 e. The van der Waals surface area contributed by atoms with Gasteiger partial charge in [0.05, 0.1) is 25.5 Å². The largest absolute Gasteiger partial charge is 0.449 e. The van der Waals surface area contributed by atoms with Gasteiger partial charge in [-0.3, -0.25) is 4.18 Å². The van der Waals surface area contributed by atoms with Gasteiger partial charge in [0.25, 0.3) is 10.1 Å². The number of carbonyl (C=O) groups is 1. The van der Waals surface area contributed by atoms with Crippen LogP contribution in [-0.2, 0) is 19.0 Å². The first-order valence-electron chi connectivity index (χ1n) is 6.22. The minimum absolute atomic E-state index is 0.0156. The fourth-order valence-electron chi connectivity index (χ4n) is 1.84. The topological polar surface area (TPSA) is 72.9 Å². The monoisotopic (exact) mass is 279 g/mol. The van der Waals surface area contributed by atoms with Gasteiger partial charge in [-0.25, -0.2) is 4.79 Å². The van der Waals surface area contributed by atoms with Crippen molar-refractivity contribution in [2.24, 2.45) is 0 Å². The Bertz CT molecular complexity index is 368. The summed E-state index contributed by atoms with van der Waals surface area (Å²) in [6, 6.07) is -0.200. The van der Waals surface area contributed by atoms with Gasteiger partial charge in [0.1, 0.15) is 0 Å². The number of hydrogen-bond acceptors (Lipinski definition) is 5. The number of carbonyl (C=O) groups excluding carboxylic acids is 1. The zero-order valence-corrected chi connectivity index (χ0v) is 11.7. The lowest BCUT2D eigenvalue weighted by Gasteiger charge is -2.23. The van der Waals surface area contributed by atoms with E-state index in [-0.39, 0.29) is 18.7 Å². The molecule has 0 radical (unpaired) electrons. The lowest BCUT2D eigenvalue weighted by atomic mass is 10.2. The van der Waals surface area contributed by atoms with Gasteiger partial charge in [-0.05, 0) is 19.3 Å². The van der Waals surface area contributed by atoms with E-state index in [1.165, 1.54) is 0 Å². The van der Waals surface area contributed by atoms with Crippen molar-refractivity contribution < 1.29 is 22.1 Å². The van der Waals surface area contributed by atoms with Gasteiger partial charge >= 0.3 is 6.09 Å². The molecule has 18 heavy (non-hydrogen) atoms. The van der Waals surface area contributed by atoms with Crippen molar-refractivity contribution in [3.63, 3.8) is 0 Å². The van der Waals surface area contributed by atoms with E-state index in [1.54, 1.807) is 4.90 Å². The zero-order chi connectivity index (χ0) is 13.6. The molecule has 0 unspecified atom stereocenters. The molecule has 1 heterocycles. The summed E-state index contributed by atoms with van der Waals surface area (Å²) < 4.78 is 31.7. The number of rotatable bonds is 6. The van der Waals surface area contributed by atoms with Crippen molar-refractivity contribution in [2.45, 2.75) is 38.6 Å². The predicted molar refractivity (Wildman–Crippen MR) is 66.8 cm³/mol. The third-order valence-corrected chi connectivity index (χ3v) is 3.37. The van der Waals surface area contributed by atoms with Crippen LogP contribution in [0.15, 0.2) is 0 Å². The lowest BCUT2D eigenvalue weighted by Crippen LogP contribution is -2.39. The second-order valence-corrected chi connectivity index (χ2v) is 6.09. The van der Waals surface area contributed by atoms with E-state index in [2.05, 4.69) is 0 Å².